The van der Waals surface area contributed by atoms with Gasteiger partial charge in [0.1, 0.15) is 16.8 Å². The maximum atomic E-state index is 8.36. The molecule has 0 unspecified atom stereocenters. The first kappa shape index (κ1) is 21.2. The van der Waals surface area contributed by atoms with Crippen molar-refractivity contribution in [3.05, 3.63) is 57.9 Å². The predicted molar refractivity (Wildman–Crippen MR) is 112 cm³/mol. The molecule has 27 heavy (non-hydrogen) atoms. The van der Waals surface area contributed by atoms with Crippen LogP contribution < -0.4 is 4.74 Å². The Bertz CT molecular complexity index is 821. The molecular weight excluding hydrogens is 383 g/mol. The number of methoxy groups -OCH3 is 1. The third-order valence-corrected chi connectivity index (χ3v) is 4.76. The molecule has 0 aliphatic carbocycles. The molecule has 1 aromatic carbocycles. The Morgan fingerprint density at radius 2 is 1.85 bits per heavy atom. The summed E-state index contributed by atoms with van der Waals surface area (Å²) >= 11 is 11.7. The van der Waals surface area contributed by atoms with Gasteiger partial charge in [0.15, 0.2) is 0 Å². The number of nitrogens with zero attached hydrogens (tertiary/aromatic N) is 2. The van der Waals surface area contributed by atoms with E-state index in [1.807, 2.05) is 43.0 Å². The Labute approximate surface area is 170 Å². The van der Waals surface area contributed by atoms with E-state index >= 15 is 0 Å². The molecule has 1 aromatic heterocycles. The molecule has 0 aliphatic heterocycles. The maximum Gasteiger partial charge on any atom is 0.128 e. The fourth-order valence-electron chi connectivity index (χ4n) is 2.89. The molecule has 144 valence electrons. The van der Waals surface area contributed by atoms with Gasteiger partial charge in [-0.05, 0) is 38.0 Å². The molecule has 0 saturated carbocycles. The Balaban J connectivity index is 2.20. The smallest absolute Gasteiger partial charge is 0.128 e. The van der Waals surface area contributed by atoms with Gasteiger partial charge in [-0.2, -0.15) is 0 Å². The number of benzene rings is 1. The van der Waals surface area contributed by atoms with Crippen LogP contribution in [0.1, 0.15) is 28.8 Å². The van der Waals surface area contributed by atoms with Gasteiger partial charge in [0, 0.05) is 28.9 Å². The van der Waals surface area contributed by atoms with Crippen molar-refractivity contribution < 1.29 is 4.74 Å². The molecule has 0 radical (unpaired) electrons. The third kappa shape index (κ3) is 5.94. The van der Waals surface area contributed by atoms with Crippen LogP contribution >= 0.6 is 23.2 Å². The lowest BCUT2D eigenvalue weighted by molar-refractivity contribution is 0.390. The number of rotatable bonds is 8. The summed E-state index contributed by atoms with van der Waals surface area (Å²) in [5.41, 5.74) is 3.91. The number of pyridine rings is 1. The summed E-state index contributed by atoms with van der Waals surface area (Å²) in [6.45, 7) is 5.00. The van der Waals surface area contributed by atoms with E-state index in [4.69, 9.17) is 38.8 Å². The lowest BCUT2D eigenvalue weighted by Crippen LogP contribution is -2.33. The Morgan fingerprint density at radius 1 is 1.19 bits per heavy atom. The predicted octanol–water partition coefficient (Wildman–Crippen LogP) is 4.99. The van der Waals surface area contributed by atoms with Crippen LogP contribution in [0.15, 0.2) is 30.5 Å². The topological polar surface area (TPSA) is 73.1 Å². The van der Waals surface area contributed by atoms with Crippen molar-refractivity contribution in [2.45, 2.75) is 33.2 Å². The van der Waals surface area contributed by atoms with E-state index in [1.54, 1.807) is 13.3 Å². The average Bonchev–Trinajstić information content (AvgIpc) is 2.61. The quantitative estimate of drug-likeness (QED) is 0.478. The second-order valence-electron chi connectivity index (χ2n) is 6.37. The van der Waals surface area contributed by atoms with Crippen LogP contribution in [-0.4, -0.2) is 34.5 Å². The van der Waals surface area contributed by atoms with Gasteiger partial charge in [-0.25, -0.2) is 0 Å². The highest BCUT2D eigenvalue weighted by Crippen LogP contribution is 2.25. The van der Waals surface area contributed by atoms with E-state index in [0.29, 0.717) is 23.9 Å². The molecule has 0 saturated heterocycles. The van der Waals surface area contributed by atoms with Crippen molar-refractivity contribution in [2.24, 2.45) is 0 Å². The number of hydrogen-bond donors (Lipinski definition) is 2. The Morgan fingerprint density at radius 3 is 2.44 bits per heavy atom. The molecule has 0 atom stereocenters. The number of aromatic nitrogens is 1. The Hall–Kier alpha value is -2.11. The minimum atomic E-state index is -0.0531. The summed E-state index contributed by atoms with van der Waals surface area (Å²) in [5.74, 6) is 1.11. The fourth-order valence-corrected chi connectivity index (χ4v) is 3.15. The van der Waals surface area contributed by atoms with Crippen LogP contribution in [0, 0.1) is 24.7 Å². The molecule has 5 nitrogen and oxygen atoms in total. The lowest BCUT2D eigenvalue weighted by Gasteiger charge is -2.26. The van der Waals surface area contributed by atoms with Gasteiger partial charge in [0.2, 0.25) is 0 Å². The van der Waals surface area contributed by atoms with Crippen molar-refractivity contribution in [3.63, 3.8) is 0 Å². The largest absolute Gasteiger partial charge is 0.496 e. The minimum Gasteiger partial charge on any atom is -0.496 e. The van der Waals surface area contributed by atoms with E-state index in [2.05, 4.69) is 4.98 Å². The van der Waals surface area contributed by atoms with E-state index < -0.39 is 0 Å². The maximum absolute atomic E-state index is 8.36. The van der Waals surface area contributed by atoms with Crippen LogP contribution in [0.5, 0.6) is 5.75 Å². The van der Waals surface area contributed by atoms with E-state index in [0.717, 1.165) is 34.6 Å². The van der Waals surface area contributed by atoms with Gasteiger partial charge in [-0.1, -0.05) is 35.3 Å². The highest BCUT2D eigenvalue weighted by molar-refractivity contribution is 6.65. The second kappa shape index (κ2) is 9.72. The standard InChI is InChI=1S/C20H24Cl2N4O/c1-13-11-25-17(14(2)20(13)27-3)12-26(19(24)10-18(22)23)9-8-15-4-6-16(21)7-5-15/h4-7,11,23-24H,8-10,12H2,1-3H3. The van der Waals surface area contributed by atoms with Gasteiger partial charge in [0.25, 0.3) is 0 Å². The zero-order valence-corrected chi connectivity index (χ0v) is 17.3. The van der Waals surface area contributed by atoms with Gasteiger partial charge >= 0.3 is 0 Å². The summed E-state index contributed by atoms with van der Waals surface area (Å²) in [6, 6.07) is 7.67. The summed E-state index contributed by atoms with van der Waals surface area (Å²) in [5, 5.41) is 16.5. The van der Waals surface area contributed by atoms with Crippen molar-refractivity contribution in [1.29, 1.82) is 10.8 Å². The van der Waals surface area contributed by atoms with Crippen molar-refractivity contribution in [2.75, 3.05) is 13.7 Å². The SMILES string of the molecule is COc1c(C)cnc(CN(CCc2ccc(Cl)cc2)C(=N)CC(=N)Cl)c1C. The zero-order valence-electron chi connectivity index (χ0n) is 15.8. The molecule has 7 heteroatoms. The normalized spacial score (nSPS) is 10.6. The number of ether oxygens (including phenoxy) is 1. The van der Waals surface area contributed by atoms with Crippen LogP contribution in [-0.2, 0) is 13.0 Å². The zero-order chi connectivity index (χ0) is 20.0. The van der Waals surface area contributed by atoms with Crippen molar-refractivity contribution in [3.8, 4) is 5.75 Å². The highest BCUT2D eigenvalue weighted by atomic mass is 35.5. The lowest BCUT2D eigenvalue weighted by atomic mass is 10.1. The summed E-state index contributed by atoms with van der Waals surface area (Å²) in [6.07, 6.45) is 2.63. The molecule has 2 aromatic rings. The van der Waals surface area contributed by atoms with Gasteiger partial charge in [-0.3, -0.25) is 15.8 Å². The summed E-state index contributed by atoms with van der Waals surface area (Å²) in [7, 11) is 1.65. The molecule has 2 rings (SSSR count). The number of nitrogens with one attached hydrogen (secondary N) is 2. The molecule has 0 aliphatic rings. The number of amidine groups is 1. The summed E-state index contributed by atoms with van der Waals surface area (Å²) in [4.78, 5) is 6.43. The molecule has 0 bridgehead atoms. The monoisotopic (exact) mass is 406 g/mol. The van der Waals surface area contributed by atoms with Crippen LogP contribution in [0.4, 0.5) is 0 Å². The van der Waals surface area contributed by atoms with Gasteiger partial charge < -0.3 is 9.64 Å². The van der Waals surface area contributed by atoms with Crippen molar-refractivity contribution >= 4 is 34.2 Å². The molecule has 0 fully saturated rings. The molecule has 0 amide bonds. The van der Waals surface area contributed by atoms with Crippen LogP contribution in [0.3, 0.4) is 0 Å². The molecule has 1 heterocycles. The minimum absolute atomic E-state index is 0.0531. The molecular formula is C20H24Cl2N4O. The van der Waals surface area contributed by atoms with E-state index in [1.165, 1.54) is 0 Å². The van der Waals surface area contributed by atoms with E-state index in [-0.39, 0.29) is 11.6 Å². The first-order valence-corrected chi connectivity index (χ1v) is 9.36. The number of aryl methyl sites for hydroxylation is 1. The second-order valence-corrected chi connectivity index (χ2v) is 7.27. The Kier molecular flexibility index (Phi) is 7.63. The summed E-state index contributed by atoms with van der Waals surface area (Å²) < 4.78 is 5.48. The van der Waals surface area contributed by atoms with Gasteiger partial charge in [0.05, 0.1) is 25.8 Å². The molecule has 2 N–H and O–H groups in total. The molecule has 0 spiro atoms. The first-order valence-electron chi connectivity index (χ1n) is 8.60. The van der Waals surface area contributed by atoms with Crippen LogP contribution in [0.2, 0.25) is 5.02 Å². The number of halogens is 2. The average molecular weight is 407 g/mol. The highest BCUT2D eigenvalue weighted by Gasteiger charge is 2.16. The fraction of sp³-hybridized carbons (Fsp3) is 0.350. The third-order valence-electron chi connectivity index (χ3n) is 4.38. The van der Waals surface area contributed by atoms with Crippen molar-refractivity contribution in [1.82, 2.24) is 9.88 Å². The van der Waals surface area contributed by atoms with Gasteiger partial charge in [-0.15, -0.1) is 0 Å². The van der Waals surface area contributed by atoms with Crippen LogP contribution in [0.25, 0.3) is 0 Å². The number of hydrogen-bond acceptors (Lipinski definition) is 4. The van der Waals surface area contributed by atoms with E-state index in [9.17, 15) is 0 Å². The first-order chi connectivity index (χ1) is 12.8.